The molecular formula is C30H35Cl2N3O4S. The number of carbonyl (C=O) groups excluding carboxylic acids is 2. The molecule has 214 valence electrons. The number of carbonyl (C=O) groups is 2. The molecule has 1 N–H and O–H groups in total. The third kappa shape index (κ3) is 7.99. The number of benzene rings is 3. The van der Waals surface area contributed by atoms with Gasteiger partial charge in [-0.1, -0.05) is 78.2 Å². The fraction of sp³-hybridized carbons (Fsp3) is 0.333. The van der Waals surface area contributed by atoms with Crippen LogP contribution >= 0.6 is 23.2 Å². The zero-order chi connectivity index (χ0) is 29.7. The van der Waals surface area contributed by atoms with E-state index in [1.807, 2.05) is 58.9 Å². The molecule has 0 unspecified atom stereocenters. The second-order valence-corrected chi connectivity index (χ2v) is 13.3. The summed E-state index contributed by atoms with van der Waals surface area (Å²) >= 11 is 12.4. The Morgan fingerprint density at radius 2 is 1.60 bits per heavy atom. The molecule has 0 aromatic heterocycles. The zero-order valence-corrected chi connectivity index (χ0v) is 25.6. The van der Waals surface area contributed by atoms with E-state index in [9.17, 15) is 18.0 Å². The van der Waals surface area contributed by atoms with Crippen LogP contribution in [-0.4, -0.2) is 43.3 Å². The molecule has 3 rings (SSSR count). The van der Waals surface area contributed by atoms with E-state index in [0.717, 1.165) is 15.4 Å². The minimum absolute atomic E-state index is 0.0108. The monoisotopic (exact) mass is 603 g/mol. The van der Waals surface area contributed by atoms with E-state index in [1.165, 1.54) is 35.2 Å². The first-order chi connectivity index (χ1) is 18.7. The van der Waals surface area contributed by atoms with Crippen molar-refractivity contribution in [3.05, 3.63) is 94.0 Å². The van der Waals surface area contributed by atoms with Crippen LogP contribution in [-0.2, 0) is 26.2 Å². The number of anilines is 1. The highest BCUT2D eigenvalue weighted by Gasteiger charge is 2.34. The maximum Gasteiger partial charge on any atom is 0.264 e. The average molecular weight is 605 g/mol. The molecule has 7 nitrogen and oxygen atoms in total. The molecule has 0 fully saturated rings. The van der Waals surface area contributed by atoms with Gasteiger partial charge in [-0.2, -0.15) is 0 Å². The third-order valence-corrected chi connectivity index (χ3v) is 8.65. The molecule has 0 aliphatic carbocycles. The van der Waals surface area contributed by atoms with Crippen LogP contribution in [0.4, 0.5) is 5.69 Å². The maximum atomic E-state index is 14.1. The summed E-state index contributed by atoms with van der Waals surface area (Å²) in [5.74, 6) is -0.856. The lowest BCUT2D eigenvalue weighted by Gasteiger charge is -2.35. The van der Waals surface area contributed by atoms with Crippen LogP contribution in [0.2, 0.25) is 10.0 Å². The van der Waals surface area contributed by atoms with Crippen molar-refractivity contribution in [3.63, 3.8) is 0 Å². The van der Waals surface area contributed by atoms with Crippen molar-refractivity contribution in [1.29, 1.82) is 0 Å². The number of rotatable bonds is 10. The van der Waals surface area contributed by atoms with Gasteiger partial charge in [0.1, 0.15) is 12.6 Å². The summed E-state index contributed by atoms with van der Waals surface area (Å²) < 4.78 is 28.7. The number of hydrogen-bond acceptors (Lipinski definition) is 4. The Morgan fingerprint density at radius 3 is 2.17 bits per heavy atom. The van der Waals surface area contributed by atoms with Crippen molar-refractivity contribution in [2.75, 3.05) is 10.8 Å². The molecule has 40 heavy (non-hydrogen) atoms. The highest BCUT2D eigenvalue weighted by Crippen LogP contribution is 2.31. The molecule has 0 aliphatic heterocycles. The number of nitrogens with one attached hydrogen (secondary N) is 1. The molecular weight excluding hydrogens is 569 g/mol. The predicted molar refractivity (Wildman–Crippen MR) is 161 cm³/mol. The van der Waals surface area contributed by atoms with Crippen LogP contribution in [0.3, 0.4) is 0 Å². The number of sulfonamides is 1. The van der Waals surface area contributed by atoms with Gasteiger partial charge in [-0.05, 0) is 70.0 Å². The summed E-state index contributed by atoms with van der Waals surface area (Å²) in [5.41, 5.74) is 1.48. The van der Waals surface area contributed by atoms with Gasteiger partial charge in [0.2, 0.25) is 11.8 Å². The Bertz CT molecular complexity index is 1460. The summed E-state index contributed by atoms with van der Waals surface area (Å²) in [5, 5.41) is 3.36. The topological polar surface area (TPSA) is 86.8 Å². The molecule has 0 saturated heterocycles. The first-order valence-corrected chi connectivity index (χ1v) is 15.1. The van der Waals surface area contributed by atoms with Gasteiger partial charge in [0.05, 0.1) is 20.6 Å². The number of nitrogens with zero attached hydrogens (tertiary/aromatic N) is 2. The van der Waals surface area contributed by atoms with Crippen molar-refractivity contribution in [2.24, 2.45) is 0 Å². The lowest BCUT2D eigenvalue weighted by molar-refractivity contribution is -0.141. The van der Waals surface area contributed by atoms with Crippen LogP contribution in [0, 0.1) is 6.92 Å². The van der Waals surface area contributed by atoms with Gasteiger partial charge in [0, 0.05) is 12.1 Å². The predicted octanol–water partition coefficient (Wildman–Crippen LogP) is 6.22. The van der Waals surface area contributed by atoms with E-state index < -0.39 is 34.1 Å². The first kappa shape index (κ1) is 31.5. The van der Waals surface area contributed by atoms with Crippen LogP contribution < -0.4 is 9.62 Å². The van der Waals surface area contributed by atoms with Gasteiger partial charge >= 0.3 is 0 Å². The summed E-state index contributed by atoms with van der Waals surface area (Å²) in [6.07, 6.45) is 0.331. The smallest absolute Gasteiger partial charge is 0.264 e. The van der Waals surface area contributed by atoms with Crippen LogP contribution in [0.5, 0.6) is 0 Å². The molecule has 0 saturated carbocycles. The molecule has 2 amide bonds. The van der Waals surface area contributed by atoms with Gasteiger partial charge in [0.25, 0.3) is 10.0 Å². The Balaban J connectivity index is 2.09. The first-order valence-electron chi connectivity index (χ1n) is 12.9. The normalized spacial score (nSPS) is 12.5. The fourth-order valence-corrected chi connectivity index (χ4v) is 5.99. The molecule has 0 radical (unpaired) electrons. The third-order valence-electron chi connectivity index (χ3n) is 6.12. The van der Waals surface area contributed by atoms with Crippen molar-refractivity contribution in [1.82, 2.24) is 10.2 Å². The number of aryl methyl sites for hydroxylation is 1. The molecule has 3 aromatic carbocycles. The minimum atomic E-state index is -4.19. The fourth-order valence-electron chi connectivity index (χ4n) is 4.27. The van der Waals surface area contributed by atoms with E-state index >= 15 is 0 Å². The lowest BCUT2D eigenvalue weighted by Crippen LogP contribution is -2.55. The quantitative estimate of drug-likeness (QED) is 0.298. The van der Waals surface area contributed by atoms with Gasteiger partial charge in [-0.3, -0.25) is 13.9 Å². The Kier molecular flexibility index (Phi) is 10.3. The Morgan fingerprint density at radius 1 is 0.925 bits per heavy atom. The van der Waals surface area contributed by atoms with Crippen LogP contribution in [0.25, 0.3) is 0 Å². The molecule has 1 atom stereocenters. The van der Waals surface area contributed by atoms with E-state index in [2.05, 4.69) is 5.32 Å². The highest BCUT2D eigenvalue weighted by molar-refractivity contribution is 7.92. The Hall–Kier alpha value is -3.07. The average Bonchev–Trinajstić information content (AvgIpc) is 2.88. The van der Waals surface area contributed by atoms with Crippen LogP contribution in [0.15, 0.2) is 77.7 Å². The van der Waals surface area contributed by atoms with E-state index in [1.54, 1.807) is 18.2 Å². The maximum absolute atomic E-state index is 14.1. The summed E-state index contributed by atoms with van der Waals surface area (Å²) in [4.78, 5) is 28.9. The van der Waals surface area contributed by atoms with E-state index in [0.29, 0.717) is 6.42 Å². The number of hydrogen-bond donors (Lipinski definition) is 1. The van der Waals surface area contributed by atoms with E-state index in [4.69, 9.17) is 23.2 Å². The lowest BCUT2D eigenvalue weighted by atomic mass is 10.0. The summed E-state index contributed by atoms with van der Waals surface area (Å²) in [6.45, 7) is 8.92. The minimum Gasteiger partial charge on any atom is -0.350 e. The highest BCUT2D eigenvalue weighted by atomic mass is 35.5. The van der Waals surface area contributed by atoms with Crippen molar-refractivity contribution in [3.8, 4) is 0 Å². The molecule has 0 spiro atoms. The van der Waals surface area contributed by atoms with Crippen molar-refractivity contribution >= 4 is 50.7 Å². The SMILES string of the molecule is CC[C@@H](C(=O)NC(C)(C)C)N(Cc1cccc(C)c1)C(=O)CN(c1ccc(Cl)c(Cl)c1)S(=O)(=O)c1ccccc1. The van der Waals surface area contributed by atoms with E-state index in [-0.39, 0.29) is 33.1 Å². The molecule has 10 heteroatoms. The molecule has 0 bridgehead atoms. The van der Waals surface area contributed by atoms with Crippen molar-refractivity contribution < 1.29 is 18.0 Å². The molecule has 0 aliphatic rings. The standard InChI is InChI=1S/C30H35Cl2N3O4S/c1-6-27(29(37)33-30(3,4)5)34(19-22-12-10-11-21(2)17-22)28(36)20-35(23-15-16-25(31)26(32)18-23)40(38,39)24-13-8-7-9-14-24/h7-18,27H,6,19-20H2,1-5H3,(H,33,37)/t27-/m0/s1. The van der Waals surface area contributed by atoms with Crippen LogP contribution in [0.1, 0.15) is 45.2 Å². The molecule has 0 heterocycles. The largest absolute Gasteiger partial charge is 0.350 e. The number of halogens is 2. The summed E-state index contributed by atoms with van der Waals surface area (Å²) in [7, 11) is -4.19. The summed E-state index contributed by atoms with van der Waals surface area (Å²) in [6, 6.07) is 19.0. The van der Waals surface area contributed by atoms with Gasteiger partial charge in [0.15, 0.2) is 0 Å². The second kappa shape index (κ2) is 13.1. The Labute approximate surface area is 247 Å². The molecule has 3 aromatic rings. The van der Waals surface area contributed by atoms with Gasteiger partial charge in [-0.25, -0.2) is 8.42 Å². The van der Waals surface area contributed by atoms with Gasteiger partial charge < -0.3 is 10.2 Å². The van der Waals surface area contributed by atoms with Gasteiger partial charge in [-0.15, -0.1) is 0 Å². The second-order valence-electron chi connectivity index (χ2n) is 10.6. The zero-order valence-electron chi connectivity index (χ0n) is 23.3. The number of amides is 2. The van der Waals surface area contributed by atoms with Crippen molar-refractivity contribution in [2.45, 2.75) is 64.1 Å².